The van der Waals surface area contributed by atoms with Gasteiger partial charge in [0.05, 0.1) is 18.6 Å². The van der Waals surface area contributed by atoms with Gasteiger partial charge in [0.15, 0.2) is 0 Å². The number of aryl methyl sites for hydroxylation is 2. The van der Waals surface area contributed by atoms with Gasteiger partial charge in [-0.05, 0) is 55.2 Å². The first-order valence-corrected chi connectivity index (χ1v) is 7.79. The van der Waals surface area contributed by atoms with E-state index in [0.29, 0.717) is 0 Å². The molecule has 102 valence electrons. The van der Waals surface area contributed by atoms with Gasteiger partial charge in [-0.15, -0.1) is 0 Å². The molecule has 3 aliphatic rings. The fraction of sp³-hybridized carbons (Fsp3) is 0.647. The van der Waals surface area contributed by atoms with Crippen molar-refractivity contribution in [1.82, 2.24) is 5.32 Å². The van der Waals surface area contributed by atoms with Crippen molar-refractivity contribution in [2.45, 2.75) is 50.0 Å². The SMILES string of the molecule is c1cc2c(cc1C1(CNC3CC3)COC1)CCCC2. The van der Waals surface area contributed by atoms with Gasteiger partial charge in [0.2, 0.25) is 0 Å². The highest BCUT2D eigenvalue weighted by molar-refractivity contribution is 5.39. The van der Waals surface area contributed by atoms with Crippen LogP contribution >= 0.6 is 0 Å². The molecule has 0 atom stereocenters. The smallest absolute Gasteiger partial charge is 0.0598 e. The van der Waals surface area contributed by atoms with Gasteiger partial charge in [0.25, 0.3) is 0 Å². The summed E-state index contributed by atoms with van der Waals surface area (Å²) in [5.41, 5.74) is 4.95. The summed E-state index contributed by atoms with van der Waals surface area (Å²) < 4.78 is 5.55. The second kappa shape index (κ2) is 4.60. The van der Waals surface area contributed by atoms with Crippen molar-refractivity contribution in [3.63, 3.8) is 0 Å². The molecule has 1 aliphatic heterocycles. The van der Waals surface area contributed by atoms with E-state index in [1.54, 1.807) is 11.1 Å². The van der Waals surface area contributed by atoms with Crippen LogP contribution in [0.1, 0.15) is 42.4 Å². The summed E-state index contributed by atoms with van der Waals surface area (Å²) in [5.74, 6) is 0. The molecule has 1 aromatic carbocycles. The van der Waals surface area contributed by atoms with E-state index in [0.717, 1.165) is 25.8 Å². The topological polar surface area (TPSA) is 21.3 Å². The van der Waals surface area contributed by atoms with Crippen LogP contribution in [0.25, 0.3) is 0 Å². The van der Waals surface area contributed by atoms with Gasteiger partial charge in [0.1, 0.15) is 0 Å². The van der Waals surface area contributed by atoms with E-state index < -0.39 is 0 Å². The second-order valence-electron chi connectivity index (χ2n) is 6.62. The van der Waals surface area contributed by atoms with Gasteiger partial charge >= 0.3 is 0 Å². The Kier molecular flexibility index (Phi) is 2.89. The molecule has 0 radical (unpaired) electrons. The Morgan fingerprint density at radius 2 is 1.89 bits per heavy atom. The fourth-order valence-electron chi connectivity index (χ4n) is 3.41. The number of hydrogen-bond acceptors (Lipinski definition) is 2. The van der Waals surface area contributed by atoms with Crippen molar-refractivity contribution >= 4 is 0 Å². The van der Waals surface area contributed by atoms with Crippen LogP contribution in [-0.4, -0.2) is 25.8 Å². The number of fused-ring (bicyclic) bond motifs is 1. The highest BCUT2D eigenvalue weighted by atomic mass is 16.5. The standard InChI is InChI=1S/C17H23NO/c1-2-4-14-9-15(6-5-13(14)3-1)17(11-19-12-17)10-18-16-7-8-16/h5-6,9,16,18H,1-4,7-8,10-12H2. The van der Waals surface area contributed by atoms with E-state index in [9.17, 15) is 0 Å². The molecule has 4 rings (SSSR count). The maximum atomic E-state index is 5.55. The molecule has 1 saturated carbocycles. The molecule has 0 spiro atoms. The van der Waals surface area contributed by atoms with Gasteiger partial charge in [-0.1, -0.05) is 18.2 Å². The molecule has 1 saturated heterocycles. The lowest BCUT2D eigenvalue weighted by atomic mass is 9.76. The number of hydrogen-bond donors (Lipinski definition) is 1. The Hall–Kier alpha value is -0.860. The minimum atomic E-state index is 0.259. The zero-order valence-corrected chi connectivity index (χ0v) is 11.6. The summed E-state index contributed by atoms with van der Waals surface area (Å²) in [6.07, 6.45) is 8.00. The van der Waals surface area contributed by atoms with Gasteiger partial charge in [0, 0.05) is 12.6 Å². The lowest BCUT2D eigenvalue weighted by Crippen LogP contribution is -2.53. The van der Waals surface area contributed by atoms with Crippen molar-refractivity contribution in [2.24, 2.45) is 0 Å². The molecule has 2 aliphatic carbocycles. The fourth-order valence-corrected chi connectivity index (χ4v) is 3.41. The van der Waals surface area contributed by atoms with Crippen LogP contribution < -0.4 is 5.32 Å². The van der Waals surface area contributed by atoms with Crippen molar-refractivity contribution < 1.29 is 4.74 Å². The minimum Gasteiger partial charge on any atom is -0.379 e. The molecule has 1 heterocycles. The molecule has 2 nitrogen and oxygen atoms in total. The van der Waals surface area contributed by atoms with E-state index in [-0.39, 0.29) is 5.41 Å². The monoisotopic (exact) mass is 257 g/mol. The van der Waals surface area contributed by atoms with E-state index >= 15 is 0 Å². The van der Waals surface area contributed by atoms with Gasteiger partial charge in [-0.2, -0.15) is 0 Å². The zero-order valence-electron chi connectivity index (χ0n) is 11.6. The molecule has 1 N–H and O–H groups in total. The van der Waals surface area contributed by atoms with Crippen molar-refractivity contribution in [2.75, 3.05) is 19.8 Å². The summed E-state index contributed by atoms with van der Waals surface area (Å²) in [5, 5.41) is 3.70. The van der Waals surface area contributed by atoms with Crippen LogP contribution in [0.5, 0.6) is 0 Å². The van der Waals surface area contributed by atoms with Crippen molar-refractivity contribution in [3.05, 3.63) is 34.9 Å². The van der Waals surface area contributed by atoms with Crippen LogP contribution in [0.2, 0.25) is 0 Å². The molecule has 0 aromatic heterocycles. The summed E-state index contributed by atoms with van der Waals surface area (Å²) in [6.45, 7) is 2.88. The predicted octanol–water partition coefficient (Wildman–Crippen LogP) is 2.59. The Labute approximate surface area is 115 Å². The third-order valence-electron chi connectivity index (χ3n) is 5.02. The Morgan fingerprint density at radius 3 is 2.58 bits per heavy atom. The average Bonchev–Trinajstić information content (AvgIpc) is 3.21. The molecule has 0 amide bonds. The first kappa shape index (κ1) is 11.9. The van der Waals surface area contributed by atoms with E-state index in [1.807, 2.05) is 0 Å². The Morgan fingerprint density at radius 1 is 1.11 bits per heavy atom. The Balaban J connectivity index is 1.58. The van der Waals surface area contributed by atoms with Gasteiger partial charge in [-0.3, -0.25) is 0 Å². The summed E-state index contributed by atoms with van der Waals surface area (Å²) in [6, 6.07) is 8.00. The molecule has 0 bridgehead atoms. The van der Waals surface area contributed by atoms with Crippen LogP contribution in [0.15, 0.2) is 18.2 Å². The number of nitrogens with one attached hydrogen (secondary N) is 1. The van der Waals surface area contributed by atoms with Gasteiger partial charge < -0.3 is 10.1 Å². The summed E-state index contributed by atoms with van der Waals surface area (Å²) >= 11 is 0. The molecule has 19 heavy (non-hydrogen) atoms. The largest absolute Gasteiger partial charge is 0.379 e. The van der Waals surface area contributed by atoms with Crippen LogP contribution in [0.4, 0.5) is 0 Å². The molecule has 0 unspecified atom stereocenters. The third kappa shape index (κ3) is 2.21. The normalized spacial score (nSPS) is 24.6. The highest BCUT2D eigenvalue weighted by Crippen LogP contribution is 2.35. The molecule has 2 fully saturated rings. The van der Waals surface area contributed by atoms with E-state index in [4.69, 9.17) is 4.74 Å². The minimum absolute atomic E-state index is 0.259. The van der Waals surface area contributed by atoms with Crippen molar-refractivity contribution in [1.29, 1.82) is 0 Å². The molecule has 2 heteroatoms. The highest BCUT2D eigenvalue weighted by Gasteiger charge is 2.41. The zero-order chi connectivity index (χ0) is 12.7. The van der Waals surface area contributed by atoms with Crippen LogP contribution in [-0.2, 0) is 23.0 Å². The number of rotatable bonds is 4. The first-order chi connectivity index (χ1) is 9.36. The third-order valence-corrected chi connectivity index (χ3v) is 5.02. The summed E-state index contributed by atoms with van der Waals surface area (Å²) in [7, 11) is 0. The van der Waals surface area contributed by atoms with Crippen molar-refractivity contribution in [3.8, 4) is 0 Å². The average molecular weight is 257 g/mol. The maximum absolute atomic E-state index is 5.55. The van der Waals surface area contributed by atoms with Crippen LogP contribution in [0.3, 0.4) is 0 Å². The lowest BCUT2D eigenvalue weighted by Gasteiger charge is -2.42. The lowest BCUT2D eigenvalue weighted by molar-refractivity contribution is -0.0592. The Bertz CT molecular complexity index is 474. The molecule has 1 aromatic rings. The van der Waals surface area contributed by atoms with E-state index in [1.165, 1.54) is 44.1 Å². The number of ether oxygens (including phenoxy) is 1. The first-order valence-electron chi connectivity index (χ1n) is 7.79. The molecular weight excluding hydrogens is 234 g/mol. The summed E-state index contributed by atoms with van der Waals surface area (Å²) in [4.78, 5) is 0. The van der Waals surface area contributed by atoms with Gasteiger partial charge in [-0.25, -0.2) is 0 Å². The maximum Gasteiger partial charge on any atom is 0.0598 e. The number of benzene rings is 1. The second-order valence-corrected chi connectivity index (χ2v) is 6.62. The quantitative estimate of drug-likeness (QED) is 0.895. The van der Waals surface area contributed by atoms with Crippen LogP contribution in [0, 0.1) is 0 Å². The molecular formula is C17H23NO. The van der Waals surface area contributed by atoms with E-state index in [2.05, 4.69) is 23.5 Å². The predicted molar refractivity (Wildman–Crippen MR) is 76.6 cm³/mol.